The van der Waals surface area contributed by atoms with Crippen molar-refractivity contribution in [2.24, 2.45) is 5.92 Å². The van der Waals surface area contributed by atoms with Gasteiger partial charge in [0.05, 0.1) is 6.10 Å². The lowest BCUT2D eigenvalue weighted by atomic mass is 10.2. The lowest BCUT2D eigenvalue weighted by Gasteiger charge is -2.20. The van der Waals surface area contributed by atoms with Crippen LogP contribution >= 0.6 is 11.8 Å². The molecule has 2 saturated carbocycles. The van der Waals surface area contributed by atoms with Crippen molar-refractivity contribution in [3.63, 3.8) is 0 Å². The molecule has 0 aliphatic heterocycles. The molecule has 0 radical (unpaired) electrons. The van der Waals surface area contributed by atoms with Crippen LogP contribution < -0.4 is 10.6 Å². The molecule has 0 heterocycles. The van der Waals surface area contributed by atoms with E-state index in [1.807, 2.05) is 11.8 Å². The van der Waals surface area contributed by atoms with E-state index in [1.54, 1.807) is 0 Å². The van der Waals surface area contributed by atoms with Crippen molar-refractivity contribution < 1.29 is 9.90 Å². The normalized spacial score (nSPS) is 30.0. The summed E-state index contributed by atoms with van der Waals surface area (Å²) in [5, 5.41) is 16.0. The van der Waals surface area contributed by atoms with E-state index in [1.165, 1.54) is 12.8 Å². The first-order valence-electron chi connectivity index (χ1n) is 6.46. The molecule has 0 unspecified atom stereocenters. The third-order valence-electron chi connectivity index (χ3n) is 3.71. The van der Waals surface area contributed by atoms with E-state index in [2.05, 4.69) is 16.9 Å². The molecular weight excluding hydrogens is 236 g/mol. The van der Waals surface area contributed by atoms with Crippen LogP contribution in [0.3, 0.4) is 0 Å². The molecule has 0 aromatic rings. The molecule has 3 atom stereocenters. The van der Waals surface area contributed by atoms with Gasteiger partial charge in [0.15, 0.2) is 0 Å². The van der Waals surface area contributed by atoms with Gasteiger partial charge in [0.2, 0.25) is 0 Å². The topological polar surface area (TPSA) is 61.4 Å². The highest BCUT2D eigenvalue weighted by Crippen LogP contribution is 2.32. The van der Waals surface area contributed by atoms with Crippen LogP contribution in [0.15, 0.2) is 0 Å². The number of thioether (sulfide) groups is 1. The van der Waals surface area contributed by atoms with Gasteiger partial charge in [0, 0.05) is 17.8 Å². The van der Waals surface area contributed by atoms with Crippen LogP contribution in [0.25, 0.3) is 0 Å². The van der Waals surface area contributed by atoms with Gasteiger partial charge in [-0.2, -0.15) is 11.8 Å². The summed E-state index contributed by atoms with van der Waals surface area (Å²) < 4.78 is 0. The Morgan fingerprint density at radius 3 is 2.82 bits per heavy atom. The van der Waals surface area contributed by atoms with E-state index < -0.39 is 0 Å². The van der Waals surface area contributed by atoms with Crippen LogP contribution in [0, 0.1) is 5.92 Å². The summed E-state index contributed by atoms with van der Waals surface area (Å²) in [4.78, 5) is 11.7. The van der Waals surface area contributed by atoms with Gasteiger partial charge >= 0.3 is 6.03 Å². The van der Waals surface area contributed by atoms with Crippen molar-refractivity contribution in [2.75, 3.05) is 12.8 Å². The molecular formula is C12H22N2O2S. The molecule has 0 bridgehead atoms. The zero-order valence-electron chi connectivity index (χ0n) is 10.3. The number of hydrogen-bond acceptors (Lipinski definition) is 3. The third-order valence-corrected chi connectivity index (χ3v) is 4.88. The predicted molar refractivity (Wildman–Crippen MR) is 70.2 cm³/mol. The lowest BCUT2D eigenvalue weighted by molar-refractivity contribution is 0.149. The predicted octanol–water partition coefficient (Wildman–Crippen LogP) is 1.34. The van der Waals surface area contributed by atoms with Crippen molar-refractivity contribution in [2.45, 2.75) is 49.5 Å². The van der Waals surface area contributed by atoms with Gasteiger partial charge in [0.25, 0.3) is 0 Å². The smallest absolute Gasteiger partial charge is 0.315 e. The van der Waals surface area contributed by atoms with Crippen molar-refractivity contribution in [1.82, 2.24) is 10.6 Å². The molecule has 2 aliphatic rings. The Balaban J connectivity index is 1.65. The van der Waals surface area contributed by atoms with Crippen LogP contribution in [0.4, 0.5) is 4.79 Å². The Morgan fingerprint density at radius 2 is 2.18 bits per heavy atom. The highest BCUT2D eigenvalue weighted by Gasteiger charge is 2.31. The summed E-state index contributed by atoms with van der Waals surface area (Å²) in [6, 6.07) is 0.165. The van der Waals surface area contributed by atoms with E-state index in [0.29, 0.717) is 23.8 Å². The Hall–Kier alpha value is -0.420. The largest absolute Gasteiger partial charge is 0.391 e. The number of nitrogens with one attached hydrogen (secondary N) is 2. The summed E-state index contributed by atoms with van der Waals surface area (Å²) in [5.41, 5.74) is 0. The second kappa shape index (κ2) is 5.96. The van der Waals surface area contributed by atoms with Crippen LogP contribution in [0.5, 0.6) is 0 Å². The number of urea groups is 1. The lowest BCUT2D eigenvalue weighted by Crippen LogP contribution is -2.46. The van der Waals surface area contributed by atoms with Gasteiger partial charge < -0.3 is 15.7 Å². The molecule has 0 spiro atoms. The number of aliphatic hydroxyl groups excluding tert-OH is 1. The van der Waals surface area contributed by atoms with Crippen LogP contribution in [0.1, 0.15) is 32.1 Å². The van der Waals surface area contributed by atoms with Gasteiger partial charge in [-0.3, -0.25) is 0 Å². The summed E-state index contributed by atoms with van der Waals surface area (Å²) in [7, 11) is 0. The van der Waals surface area contributed by atoms with Crippen molar-refractivity contribution in [1.29, 1.82) is 0 Å². The van der Waals surface area contributed by atoms with Crippen molar-refractivity contribution >= 4 is 17.8 Å². The Kier molecular flexibility index (Phi) is 4.56. The Bertz CT molecular complexity index is 271. The summed E-state index contributed by atoms with van der Waals surface area (Å²) in [5.74, 6) is 0.417. The molecule has 0 aromatic carbocycles. The van der Waals surface area contributed by atoms with Gasteiger partial charge in [-0.15, -0.1) is 0 Å². The second-order valence-corrected chi connectivity index (χ2v) is 6.15. The van der Waals surface area contributed by atoms with E-state index in [9.17, 15) is 9.90 Å². The number of rotatable bonds is 5. The Labute approximate surface area is 107 Å². The SMILES string of the molecule is CS[C@@H]1CCC[C@H]1NC(=O)NC[C@H](O)C1CC1. The van der Waals surface area contributed by atoms with E-state index >= 15 is 0 Å². The first kappa shape index (κ1) is 13.0. The fourth-order valence-corrected chi connectivity index (χ4v) is 3.37. The van der Waals surface area contributed by atoms with Gasteiger partial charge in [-0.25, -0.2) is 4.79 Å². The zero-order valence-corrected chi connectivity index (χ0v) is 11.1. The van der Waals surface area contributed by atoms with E-state index in [4.69, 9.17) is 0 Å². The third kappa shape index (κ3) is 3.78. The number of carbonyl (C=O) groups is 1. The molecule has 2 fully saturated rings. The highest BCUT2D eigenvalue weighted by atomic mass is 32.2. The fraction of sp³-hybridized carbons (Fsp3) is 0.917. The zero-order chi connectivity index (χ0) is 12.3. The maximum Gasteiger partial charge on any atom is 0.315 e. The first-order chi connectivity index (χ1) is 8.20. The molecule has 5 heteroatoms. The average molecular weight is 258 g/mol. The fourth-order valence-electron chi connectivity index (χ4n) is 2.44. The first-order valence-corrected chi connectivity index (χ1v) is 7.74. The minimum absolute atomic E-state index is 0.129. The number of aliphatic hydroxyl groups is 1. The van der Waals surface area contributed by atoms with E-state index in [0.717, 1.165) is 19.3 Å². The van der Waals surface area contributed by atoms with Crippen LogP contribution in [0.2, 0.25) is 0 Å². The van der Waals surface area contributed by atoms with Crippen LogP contribution in [-0.4, -0.2) is 41.3 Å². The molecule has 4 nitrogen and oxygen atoms in total. The maximum absolute atomic E-state index is 11.7. The second-order valence-electron chi connectivity index (χ2n) is 5.07. The Morgan fingerprint density at radius 1 is 1.41 bits per heavy atom. The van der Waals surface area contributed by atoms with Gasteiger partial charge in [-0.05, 0) is 37.9 Å². The molecule has 2 aliphatic carbocycles. The highest BCUT2D eigenvalue weighted by molar-refractivity contribution is 7.99. The molecule has 0 aromatic heterocycles. The number of carbonyl (C=O) groups excluding carboxylic acids is 1. The number of hydrogen-bond donors (Lipinski definition) is 3. The molecule has 3 N–H and O–H groups in total. The number of amides is 2. The quantitative estimate of drug-likeness (QED) is 0.697. The van der Waals surface area contributed by atoms with Crippen molar-refractivity contribution in [3.8, 4) is 0 Å². The molecule has 2 rings (SSSR count). The minimum atomic E-state index is -0.360. The molecule has 17 heavy (non-hydrogen) atoms. The molecule has 2 amide bonds. The van der Waals surface area contributed by atoms with Gasteiger partial charge in [0.1, 0.15) is 0 Å². The minimum Gasteiger partial charge on any atom is -0.391 e. The standard InChI is InChI=1S/C12H22N2O2S/c1-17-11-4-2-3-9(11)14-12(16)13-7-10(15)8-5-6-8/h8-11,15H,2-7H2,1H3,(H2,13,14,16)/t9-,10+,11-/m1/s1. The summed E-state index contributed by atoms with van der Waals surface area (Å²) in [6.07, 6.45) is 7.39. The van der Waals surface area contributed by atoms with E-state index in [-0.39, 0.29) is 12.1 Å². The monoisotopic (exact) mass is 258 g/mol. The summed E-state index contributed by atoms with van der Waals surface area (Å²) >= 11 is 1.83. The van der Waals surface area contributed by atoms with Gasteiger partial charge in [-0.1, -0.05) is 6.42 Å². The molecule has 0 saturated heterocycles. The average Bonchev–Trinajstić information content (AvgIpc) is 3.08. The van der Waals surface area contributed by atoms with Crippen LogP contribution in [-0.2, 0) is 0 Å². The van der Waals surface area contributed by atoms with Crippen molar-refractivity contribution in [3.05, 3.63) is 0 Å². The molecule has 98 valence electrons. The summed E-state index contributed by atoms with van der Waals surface area (Å²) in [6.45, 7) is 0.382. The maximum atomic E-state index is 11.7.